The Morgan fingerprint density at radius 2 is 1.71 bits per heavy atom. The van der Waals surface area contributed by atoms with Crippen LogP contribution in [0.4, 0.5) is 0 Å². The molecule has 4 bridgehead atoms. The van der Waals surface area contributed by atoms with Crippen molar-refractivity contribution in [3.05, 3.63) is 12.2 Å². The summed E-state index contributed by atoms with van der Waals surface area (Å²) in [6.07, 6.45) is -2.99. The molecule has 45 heavy (non-hydrogen) atoms. The highest BCUT2D eigenvalue weighted by Gasteiger charge is 2.60. The van der Waals surface area contributed by atoms with Crippen LogP contribution in [0.2, 0.25) is 0 Å². The summed E-state index contributed by atoms with van der Waals surface area (Å²) in [6.45, 7) is 0.189. The Balaban J connectivity index is 1.16. The molecule has 6 fully saturated rings. The highest BCUT2D eigenvalue weighted by molar-refractivity contribution is 5.90. The van der Waals surface area contributed by atoms with Crippen molar-refractivity contribution in [2.24, 2.45) is 17.8 Å². The van der Waals surface area contributed by atoms with Gasteiger partial charge in [0.25, 0.3) is 5.91 Å². The topological polar surface area (TPSA) is 258 Å². The number of carbonyl (C=O) groups is 3. The van der Waals surface area contributed by atoms with Gasteiger partial charge in [0.15, 0.2) is 6.23 Å². The van der Waals surface area contributed by atoms with Crippen molar-refractivity contribution in [3.8, 4) is 0 Å². The lowest BCUT2D eigenvalue weighted by atomic mass is 9.52. The van der Waals surface area contributed by atoms with E-state index in [9.17, 15) is 45.0 Å². The Labute approximate surface area is 258 Å². The summed E-state index contributed by atoms with van der Waals surface area (Å²) in [5, 5.41) is 74.7. The number of amides is 2. The van der Waals surface area contributed by atoms with Crippen LogP contribution in [-0.4, -0.2) is 130 Å². The maximum Gasteiger partial charge on any atom is 0.351 e. The second-order valence-electron chi connectivity index (χ2n) is 13.6. The second-order valence-corrected chi connectivity index (χ2v) is 13.6. The minimum atomic E-state index is -2.05. The van der Waals surface area contributed by atoms with Crippen molar-refractivity contribution in [2.75, 3.05) is 13.2 Å². The van der Waals surface area contributed by atoms with Gasteiger partial charge in [-0.3, -0.25) is 14.9 Å². The molecule has 9 unspecified atom stereocenters. The Hall–Kier alpha value is -2.77. The van der Waals surface area contributed by atoms with E-state index in [1.807, 2.05) is 0 Å². The molecule has 4 aliphatic carbocycles. The van der Waals surface area contributed by atoms with Gasteiger partial charge in [-0.2, -0.15) is 0 Å². The zero-order chi connectivity index (χ0) is 32.3. The predicted octanol–water partition coefficient (Wildman–Crippen LogP) is -3.03. The smallest absolute Gasteiger partial charge is 0.351 e. The van der Waals surface area contributed by atoms with E-state index in [2.05, 4.69) is 26.0 Å². The number of ether oxygens (including phenoxy) is 2. The molecule has 1 aromatic heterocycles. The van der Waals surface area contributed by atoms with E-state index >= 15 is 0 Å². The van der Waals surface area contributed by atoms with Crippen LogP contribution in [0.1, 0.15) is 68.7 Å². The lowest BCUT2D eigenvalue weighted by molar-refractivity contribution is -0.239. The number of aromatic nitrogens is 3. The highest BCUT2D eigenvalue weighted by atomic mass is 16.6. The average Bonchev–Trinajstić information content (AvgIpc) is 3.56. The molecule has 1 aromatic rings. The van der Waals surface area contributed by atoms with Gasteiger partial charge in [0.05, 0.1) is 24.9 Å². The second kappa shape index (κ2) is 12.1. The molecule has 6 aliphatic rings. The van der Waals surface area contributed by atoms with Crippen molar-refractivity contribution in [1.82, 2.24) is 30.7 Å². The maximum atomic E-state index is 12.9. The van der Waals surface area contributed by atoms with Crippen LogP contribution < -0.4 is 16.0 Å². The molecule has 9 N–H and O–H groups in total. The zero-order valence-electron chi connectivity index (χ0n) is 24.9. The summed E-state index contributed by atoms with van der Waals surface area (Å²) >= 11 is 0. The van der Waals surface area contributed by atoms with Gasteiger partial charge in [-0.15, -0.1) is 5.10 Å². The molecule has 0 radical (unpaired) electrons. The molecule has 7 rings (SSSR count). The fourth-order valence-electron chi connectivity index (χ4n) is 8.68. The first-order valence-electron chi connectivity index (χ1n) is 15.5. The van der Waals surface area contributed by atoms with Crippen molar-refractivity contribution in [2.45, 2.75) is 112 Å². The number of hydrogen-bond acceptors (Lipinski definition) is 13. The number of carbonyl (C=O) groups excluding carboxylic acids is 2. The van der Waals surface area contributed by atoms with Crippen molar-refractivity contribution in [3.63, 3.8) is 0 Å². The minimum absolute atomic E-state index is 0.368. The van der Waals surface area contributed by atoms with Gasteiger partial charge in [-0.25, -0.2) is 14.5 Å². The van der Waals surface area contributed by atoms with E-state index < -0.39 is 91.1 Å². The Kier molecular flexibility index (Phi) is 8.66. The molecule has 0 spiro atoms. The van der Waals surface area contributed by atoms with Crippen LogP contribution in [0.5, 0.6) is 0 Å². The number of carboxylic acids is 1. The zero-order valence-corrected chi connectivity index (χ0v) is 24.9. The quantitative estimate of drug-likeness (QED) is 0.124. The number of nitrogens with one attached hydrogen (secondary N) is 3. The van der Waals surface area contributed by atoms with Crippen LogP contribution in [0.25, 0.3) is 0 Å². The summed E-state index contributed by atoms with van der Waals surface area (Å²) in [5.41, 5.74) is -2.53. The van der Waals surface area contributed by atoms with Crippen LogP contribution in [0.3, 0.4) is 0 Å². The lowest BCUT2D eigenvalue weighted by Crippen LogP contribution is -2.75. The number of carboxylic acid groups (broad SMARTS) is 1. The predicted molar refractivity (Wildman–Crippen MR) is 149 cm³/mol. The molecule has 17 heteroatoms. The van der Waals surface area contributed by atoms with Gasteiger partial charge in [0, 0.05) is 25.4 Å². The first-order chi connectivity index (χ1) is 21.3. The van der Waals surface area contributed by atoms with E-state index in [1.165, 1.54) is 6.92 Å². The fraction of sp³-hybridized carbons (Fsp3) is 0.821. The van der Waals surface area contributed by atoms with Gasteiger partial charge in [0.2, 0.25) is 17.5 Å². The number of rotatable bonds is 10. The maximum absolute atomic E-state index is 12.9. The molecule has 2 amide bonds. The lowest BCUT2D eigenvalue weighted by Gasteiger charge is -2.60. The molecule has 0 aromatic carbocycles. The van der Waals surface area contributed by atoms with Crippen LogP contribution in [0, 0.1) is 17.8 Å². The van der Waals surface area contributed by atoms with Gasteiger partial charge < -0.3 is 50.7 Å². The highest BCUT2D eigenvalue weighted by Crippen LogP contribution is 2.56. The summed E-state index contributed by atoms with van der Waals surface area (Å²) < 4.78 is 12.6. The first-order valence-corrected chi connectivity index (χ1v) is 15.5. The normalized spacial score (nSPS) is 42.8. The number of aliphatic hydroxyl groups is 5. The Bertz CT molecular complexity index is 1260. The molecule has 17 nitrogen and oxygen atoms in total. The number of aliphatic carboxylic acids is 1. The third-order valence-corrected chi connectivity index (χ3v) is 10.2. The Morgan fingerprint density at radius 1 is 1.07 bits per heavy atom. The third-order valence-electron chi connectivity index (χ3n) is 10.2. The number of hydrogen-bond donors (Lipinski definition) is 9. The van der Waals surface area contributed by atoms with E-state index in [4.69, 9.17) is 9.47 Å². The fourth-order valence-corrected chi connectivity index (χ4v) is 8.68. The summed E-state index contributed by atoms with van der Waals surface area (Å²) in [5.74, 6) is -1.61. The molecule has 2 saturated heterocycles. The van der Waals surface area contributed by atoms with E-state index in [-0.39, 0.29) is 12.2 Å². The van der Waals surface area contributed by atoms with E-state index in [1.54, 1.807) is 0 Å². The minimum Gasteiger partial charge on any atom is -0.478 e. The SMILES string of the molecule is CC(=O)NC1C(O)CC(NC23CC4CC(CC(C4)C2)C3)(C(=O)O)OC1C(O)CNC(=O)c1ncn(C2OC(CO)C(O)C2O)n1. The van der Waals surface area contributed by atoms with Gasteiger partial charge in [0.1, 0.15) is 30.7 Å². The summed E-state index contributed by atoms with van der Waals surface area (Å²) in [4.78, 5) is 41.7. The third kappa shape index (κ3) is 6.07. The van der Waals surface area contributed by atoms with Gasteiger partial charge in [-0.05, 0) is 56.3 Å². The molecule has 2 aliphatic heterocycles. The molecule has 4 saturated carbocycles. The largest absolute Gasteiger partial charge is 0.478 e. The standard InChI is InChI=1S/C28H42N6O11/c1-12(36)31-19-16(37)8-28(26(42)43,33-27-5-13-2-14(6-27)4-15(3-13)7-27)45-22(19)17(38)9-29-24(41)23-30-11-34(32-23)25-21(40)20(39)18(10-35)44-25/h11,13-22,25,33,35,37-40H,2-10H2,1H3,(H,29,41)(H,31,36)(H,42,43). The van der Waals surface area contributed by atoms with E-state index in [0.29, 0.717) is 17.8 Å². The average molecular weight is 639 g/mol. The molecule has 9 atom stereocenters. The summed E-state index contributed by atoms with van der Waals surface area (Å²) in [7, 11) is 0. The van der Waals surface area contributed by atoms with Crippen molar-refractivity contribution >= 4 is 17.8 Å². The van der Waals surface area contributed by atoms with Crippen LogP contribution in [0.15, 0.2) is 6.33 Å². The Morgan fingerprint density at radius 3 is 2.27 bits per heavy atom. The van der Waals surface area contributed by atoms with Crippen molar-refractivity contribution < 1.29 is 54.5 Å². The number of nitrogens with zero attached hydrogens (tertiary/aromatic N) is 3. The van der Waals surface area contributed by atoms with Gasteiger partial charge in [-0.1, -0.05) is 0 Å². The molecule has 250 valence electrons. The van der Waals surface area contributed by atoms with Crippen LogP contribution in [-0.2, 0) is 19.1 Å². The van der Waals surface area contributed by atoms with Gasteiger partial charge >= 0.3 is 5.97 Å². The summed E-state index contributed by atoms with van der Waals surface area (Å²) in [6, 6.07) is -1.18. The monoisotopic (exact) mass is 638 g/mol. The molecule has 3 heterocycles. The van der Waals surface area contributed by atoms with E-state index in [0.717, 1.165) is 49.5 Å². The molecular weight excluding hydrogens is 596 g/mol. The van der Waals surface area contributed by atoms with Crippen molar-refractivity contribution in [1.29, 1.82) is 0 Å². The molecular formula is C28H42N6O11. The first kappa shape index (κ1) is 32.2. The van der Waals surface area contributed by atoms with Crippen LogP contribution >= 0.6 is 0 Å². The number of aliphatic hydroxyl groups excluding tert-OH is 5.